The zero-order chi connectivity index (χ0) is 18.7. The van der Waals surface area contributed by atoms with Crippen LogP contribution in [0.5, 0.6) is 0 Å². The predicted octanol–water partition coefficient (Wildman–Crippen LogP) is 2.45. The van der Waals surface area contributed by atoms with Crippen molar-refractivity contribution in [3.05, 3.63) is 29.8 Å². The van der Waals surface area contributed by atoms with Gasteiger partial charge in [-0.05, 0) is 50.7 Å². The first-order valence-corrected chi connectivity index (χ1v) is 9.34. The smallest absolute Gasteiger partial charge is 0.303 e. The Morgan fingerprint density at radius 3 is 2.58 bits per heavy atom. The molecule has 140 valence electrons. The Morgan fingerprint density at radius 1 is 1.15 bits per heavy atom. The van der Waals surface area contributed by atoms with Gasteiger partial charge >= 0.3 is 5.97 Å². The number of likely N-dealkylation sites (tertiary alicyclic amines) is 1. The minimum Gasteiger partial charge on any atom is -0.481 e. The maximum absolute atomic E-state index is 12.9. The van der Waals surface area contributed by atoms with E-state index in [9.17, 15) is 14.4 Å². The molecule has 0 saturated carbocycles. The molecule has 1 aromatic rings. The molecule has 2 aliphatic heterocycles. The summed E-state index contributed by atoms with van der Waals surface area (Å²) in [6.45, 7) is 3.80. The topological polar surface area (TPSA) is 77.9 Å². The molecule has 2 atom stereocenters. The number of hydrogen-bond donors (Lipinski definition) is 1. The molecule has 0 bridgehead atoms. The molecule has 2 fully saturated rings. The summed E-state index contributed by atoms with van der Waals surface area (Å²) in [5.41, 5.74) is 1.97. The summed E-state index contributed by atoms with van der Waals surface area (Å²) in [5, 5.41) is 8.85. The Kier molecular flexibility index (Phi) is 5.59. The average Bonchev–Trinajstić information content (AvgIpc) is 3.02. The lowest BCUT2D eigenvalue weighted by Crippen LogP contribution is -2.45. The first-order chi connectivity index (χ1) is 12.5. The van der Waals surface area contributed by atoms with Crippen LogP contribution in [0.25, 0.3) is 0 Å². The van der Waals surface area contributed by atoms with Gasteiger partial charge in [0.2, 0.25) is 11.8 Å². The van der Waals surface area contributed by atoms with Crippen molar-refractivity contribution in [3.8, 4) is 0 Å². The van der Waals surface area contributed by atoms with Crippen LogP contribution >= 0.6 is 0 Å². The van der Waals surface area contributed by atoms with Crippen LogP contribution in [0.2, 0.25) is 0 Å². The number of piperidine rings is 1. The lowest BCUT2D eigenvalue weighted by molar-refractivity contribution is -0.141. The number of carbonyl (C=O) groups excluding carboxylic acids is 2. The molecule has 26 heavy (non-hydrogen) atoms. The number of hydrogen-bond acceptors (Lipinski definition) is 3. The van der Waals surface area contributed by atoms with Crippen molar-refractivity contribution >= 4 is 23.5 Å². The van der Waals surface area contributed by atoms with E-state index < -0.39 is 11.9 Å². The maximum Gasteiger partial charge on any atom is 0.303 e. The minimum atomic E-state index is -0.798. The highest BCUT2D eigenvalue weighted by Gasteiger charge is 2.40. The lowest BCUT2D eigenvalue weighted by atomic mass is 9.92. The molecule has 0 aromatic heterocycles. The summed E-state index contributed by atoms with van der Waals surface area (Å²) in [4.78, 5) is 39.9. The number of aliphatic carboxylic acids is 1. The number of carboxylic acids is 1. The second-order valence-electron chi connectivity index (χ2n) is 7.39. The van der Waals surface area contributed by atoms with E-state index in [4.69, 9.17) is 5.11 Å². The molecule has 2 amide bonds. The van der Waals surface area contributed by atoms with Crippen molar-refractivity contribution < 1.29 is 19.5 Å². The van der Waals surface area contributed by atoms with Gasteiger partial charge in [0.1, 0.15) is 5.92 Å². The van der Waals surface area contributed by atoms with Gasteiger partial charge in [-0.15, -0.1) is 0 Å². The Hall–Kier alpha value is -2.37. The zero-order valence-electron chi connectivity index (χ0n) is 15.2. The van der Waals surface area contributed by atoms with E-state index in [1.165, 1.54) is 0 Å². The molecule has 2 aliphatic rings. The van der Waals surface area contributed by atoms with Gasteiger partial charge in [0.05, 0.1) is 0 Å². The van der Waals surface area contributed by atoms with E-state index in [1.54, 1.807) is 9.80 Å². The van der Waals surface area contributed by atoms with E-state index in [1.807, 2.05) is 31.2 Å². The van der Waals surface area contributed by atoms with Crippen LogP contribution in [0.4, 0.5) is 5.69 Å². The monoisotopic (exact) mass is 358 g/mol. The fourth-order valence-corrected chi connectivity index (χ4v) is 3.94. The first kappa shape index (κ1) is 18.4. The molecule has 0 spiro atoms. The van der Waals surface area contributed by atoms with Gasteiger partial charge < -0.3 is 14.9 Å². The molecule has 2 heterocycles. The fourth-order valence-electron chi connectivity index (χ4n) is 3.94. The van der Waals surface area contributed by atoms with Crippen LogP contribution in [0, 0.1) is 18.8 Å². The van der Waals surface area contributed by atoms with Crippen molar-refractivity contribution in [2.75, 3.05) is 24.5 Å². The number of amides is 2. The zero-order valence-corrected chi connectivity index (χ0v) is 15.2. The highest BCUT2D eigenvalue weighted by atomic mass is 16.4. The van der Waals surface area contributed by atoms with Crippen molar-refractivity contribution in [2.24, 2.45) is 11.8 Å². The number of benzene rings is 1. The minimum absolute atomic E-state index is 0.0929. The fraction of sp³-hybridized carbons (Fsp3) is 0.550. The molecule has 0 unspecified atom stereocenters. The third-order valence-corrected chi connectivity index (χ3v) is 5.45. The number of aryl methyl sites for hydroxylation is 1. The second-order valence-corrected chi connectivity index (χ2v) is 7.39. The van der Waals surface area contributed by atoms with E-state index in [2.05, 4.69) is 0 Å². The average molecular weight is 358 g/mol. The van der Waals surface area contributed by atoms with Crippen molar-refractivity contribution in [1.29, 1.82) is 0 Å². The highest BCUT2D eigenvalue weighted by molar-refractivity contribution is 6.09. The molecule has 1 N–H and O–H groups in total. The van der Waals surface area contributed by atoms with Gasteiger partial charge in [-0.1, -0.05) is 17.7 Å². The standard InChI is InChI=1S/C20H26N2O4/c1-14-4-7-16(8-5-14)22-12-10-17(20(22)26)19(25)21-11-2-3-15(13-21)6-9-18(23)24/h4-5,7-8,15,17H,2-3,6,9-13H2,1H3,(H,23,24)/t15-,17-/m1/s1. The number of anilines is 1. The number of carboxylic acid groups (broad SMARTS) is 1. The van der Waals surface area contributed by atoms with Gasteiger partial charge in [-0.2, -0.15) is 0 Å². The van der Waals surface area contributed by atoms with Gasteiger partial charge in [-0.25, -0.2) is 0 Å². The number of rotatable bonds is 5. The molecule has 0 radical (unpaired) electrons. The molecule has 3 rings (SSSR count). The Morgan fingerprint density at radius 2 is 1.88 bits per heavy atom. The van der Waals surface area contributed by atoms with Gasteiger partial charge in [-0.3, -0.25) is 14.4 Å². The van der Waals surface area contributed by atoms with Crippen LogP contribution in [0.15, 0.2) is 24.3 Å². The molecular weight excluding hydrogens is 332 g/mol. The molecule has 6 nitrogen and oxygen atoms in total. The summed E-state index contributed by atoms with van der Waals surface area (Å²) in [5.74, 6) is -1.40. The van der Waals surface area contributed by atoms with E-state index in [0.29, 0.717) is 32.5 Å². The lowest BCUT2D eigenvalue weighted by Gasteiger charge is -2.34. The highest BCUT2D eigenvalue weighted by Crippen LogP contribution is 2.29. The van der Waals surface area contributed by atoms with Crippen LogP contribution < -0.4 is 4.90 Å². The Balaban J connectivity index is 1.62. The molecular formula is C20H26N2O4. The summed E-state index contributed by atoms with van der Waals surface area (Å²) < 4.78 is 0. The van der Waals surface area contributed by atoms with E-state index in [-0.39, 0.29) is 24.2 Å². The SMILES string of the molecule is Cc1ccc(N2CC[C@H](C(=O)N3CCC[C@H](CCC(=O)O)C3)C2=O)cc1. The predicted molar refractivity (Wildman–Crippen MR) is 97.8 cm³/mol. The number of nitrogens with zero attached hydrogens (tertiary/aromatic N) is 2. The molecule has 0 aliphatic carbocycles. The van der Waals surface area contributed by atoms with Crippen molar-refractivity contribution in [3.63, 3.8) is 0 Å². The van der Waals surface area contributed by atoms with E-state index in [0.717, 1.165) is 24.1 Å². The third kappa shape index (κ3) is 4.06. The van der Waals surface area contributed by atoms with Crippen molar-refractivity contribution in [1.82, 2.24) is 4.90 Å². The van der Waals surface area contributed by atoms with Crippen LogP contribution in [0.3, 0.4) is 0 Å². The van der Waals surface area contributed by atoms with Crippen LogP contribution in [-0.4, -0.2) is 47.4 Å². The molecule has 1 aromatic carbocycles. The van der Waals surface area contributed by atoms with E-state index >= 15 is 0 Å². The summed E-state index contributed by atoms with van der Waals surface area (Å²) in [6, 6.07) is 7.77. The quantitative estimate of drug-likeness (QED) is 0.820. The normalized spacial score (nSPS) is 23.3. The number of carbonyl (C=O) groups is 3. The Bertz CT molecular complexity index is 686. The van der Waals surface area contributed by atoms with Gasteiger partial charge in [0, 0.05) is 31.7 Å². The summed E-state index contributed by atoms with van der Waals surface area (Å²) >= 11 is 0. The molecule has 2 saturated heterocycles. The molecule has 6 heteroatoms. The van der Waals surface area contributed by atoms with Crippen molar-refractivity contribution in [2.45, 2.75) is 39.0 Å². The Labute approximate surface area is 153 Å². The third-order valence-electron chi connectivity index (χ3n) is 5.45. The largest absolute Gasteiger partial charge is 0.481 e. The van der Waals surface area contributed by atoms with Gasteiger partial charge in [0.15, 0.2) is 0 Å². The summed E-state index contributed by atoms with van der Waals surface area (Å²) in [7, 11) is 0. The van der Waals surface area contributed by atoms with Crippen LogP contribution in [-0.2, 0) is 14.4 Å². The van der Waals surface area contributed by atoms with Crippen LogP contribution in [0.1, 0.15) is 37.7 Å². The summed E-state index contributed by atoms with van der Waals surface area (Å²) in [6.07, 6.45) is 3.09. The maximum atomic E-state index is 12.9. The first-order valence-electron chi connectivity index (χ1n) is 9.34. The van der Waals surface area contributed by atoms with Gasteiger partial charge in [0.25, 0.3) is 0 Å². The second kappa shape index (κ2) is 7.89.